The van der Waals surface area contributed by atoms with Gasteiger partial charge in [0.2, 0.25) is 0 Å². The molecule has 1 heterocycles. The first-order chi connectivity index (χ1) is 9.41. The molecule has 24 heavy (non-hydrogen) atoms. The van der Waals surface area contributed by atoms with Crippen molar-refractivity contribution in [3.05, 3.63) is 13.1 Å². The Labute approximate surface area is 186 Å². The summed E-state index contributed by atoms with van der Waals surface area (Å²) < 4.78 is 0. The molecular weight excluding hydrogens is 429 g/mol. The van der Waals surface area contributed by atoms with E-state index in [1.165, 1.54) is 0 Å². The van der Waals surface area contributed by atoms with Crippen molar-refractivity contribution in [1.29, 1.82) is 0 Å². The third kappa shape index (κ3) is 39.2. The van der Waals surface area contributed by atoms with Gasteiger partial charge in [0.05, 0.1) is 0 Å². The first kappa shape index (κ1) is 33.5. The zero-order chi connectivity index (χ0) is 18.2. The second kappa shape index (κ2) is 14.0. The molecule has 0 aromatic carbocycles. The summed E-state index contributed by atoms with van der Waals surface area (Å²) in [6.07, 6.45) is 3.11. The van der Waals surface area contributed by atoms with Crippen molar-refractivity contribution in [2.45, 2.75) is 110 Å². The quantitative estimate of drug-likeness (QED) is 0.242. The molecule has 0 aromatic heterocycles. The average molecular weight is 480 g/mol. The van der Waals surface area contributed by atoms with E-state index in [1.54, 1.807) is 37.0 Å². The van der Waals surface area contributed by atoms with Gasteiger partial charge in [-0.05, 0) is 0 Å². The minimum Gasteiger partial charge on any atom is -0.342 e. The van der Waals surface area contributed by atoms with Crippen LogP contribution in [-0.2, 0) is 32.7 Å². The van der Waals surface area contributed by atoms with Gasteiger partial charge in [-0.15, -0.1) is 16.1 Å². The molecule has 5 heteroatoms. The third-order valence-corrected chi connectivity index (χ3v) is 10.2. The fourth-order valence-corrected chi connectivity index (χ4v) is 8.08. The summed E-state index contributed by atoms with van der Waals surface area (Å²) in [5.41, 5.74) is 0. The van der Waals surface area contributed by atoms with Gasteiger partial charge in [-0.3, -0.25) is 0 Å². The third-order valence-electron chi connectivity index (χ3n) is 3.41. The Hall–Kier alpha value is 1.97. The molecule has 1 radical (unpaired) electrons. The monoisotopic (exact) mass is 479 g/mol. The molecule has 147 valence electrons. The minimum atomic E-state index is -0.861. The van der Waals surface area contributed by atoms with Crippen LogP contribution in [0.1, 0.15) is 20.3 Å². The Balaban J connectivity index is -0.000000142. The smallest absolute Gasteiger partial charge is 0.0473 e. The van der Waals surface area contributed by atoms with Crippen LogP contribution in [0, 0.1) is 13.1 Å². The largest absolute Gasteiger partial charge is 0.342 e. The number of rotatable bonds is 0. The van der Waals surface area contributed by atoms with E-state index in [0.717, 1.165) is 0 Å². The molecule has 1 rings (SSSR count). The van der Waals surface area contributed by atoms with Gasteiger partial charge in [-0.2, -0.15) is 0 Å². The molecule has 0 unspecified atom stereocenters. The summed E-state index contributed by atoms with van der Waals surface area (Å²) in [7, 11) is -3.15. The maximum absolute atomic E-state index is 3.91. The Morgan fingerprint density at radius 1 is 0.583 bits per heavy atom. The number of hydrogen-bond donors (Lipinski definition) is 0. The zero-order valence-electron chi connectivity index (χ0n) is 18.2. The van der Waals surface area contributed by atoms with E-state index in [1.807, 2.05) is 0 Å². The standard InChI is InChI=1S/C10H24Si2.2C4H11Si.CH4.Y/c1-11(2)7-5-9-12(3,4)10-6-8-11;2*1-5(2,3)4;;/h5-10H2,1-4H3;2*1H2,2-4H3;1H4;/q;2*-1;;. The molecule has 0 aliphatic carbocycles. The molecule has 0 bridgehead atoms. The molecule has 0 amide bonds. The van der Waals surface area contributed by atoms with Gasteiger partial charge in [0.15, 0.2) is 0 Å². The Morgan fingerprint density at radius 2 is 0.708 bits per heavy atom. The topological polar surface area (TPSA) is 0 Å². The van der Waals surface area contributed by atoms with E-state index in [2.05, 4.69) is 78.6 Å². The van der Waals surface area contributed by atoms with E-state index >= 15 is 0 Å². The van der Waals surface area contributed by atoms with Crippen molar-refractivity contribution in [2.75, 3.05) is 0 Å². The molecule has 0 aromatic rings. The van der Waals surface area contributed by atoms with E-state index in [-0.39, 0.29) is 40.1 Å². The Bertz CT molecular complexity index is 235. The predicted octanol–water partition coefficient (Wildman–Crippen LogP) is 8.23. The molecule has 0 atom stereocenters. The molecule has 1 aliphatic heterocycles. The molecular formula is C19H50Si4Y-2. The van der Waals surface area contributed by atoms with Crippen molar-refractivity contribution in [1.82, 2.24) is 0 Å². The van der Waals surface area contributed by atoms with E-state index < -0.39 is 32.3 Å². The van der Waals surface area contributed by atoms with Gasteiger partial charge in [0, 0.05) is 48.9 Å². The van der Waals surface area contributed by atoms with Crippen LogP contribution in [0.25, 0.3) is 0 Å². The number of hydrogen-bond acceptors (Lipinski definition) is 0. The molecule has 0 spiro atoms. The van der Waals surface area contributed by atoms with Gasteiger partial charge in [-0.25, -0.2) is 0 Å². The van der Waals surface area contributed by atoms with Gasteiger partial charge in [0.1, 0.15) is 0 Å². The van der Waals surface area contributed by atoms with Crippen LogP contribution in [0.3, 0.4) is 0 Å². The molecule has 1 fully saturated rings. The second-order valence-corrected chi connectivity index (χ2v) is 32.1. The van der Waals surface area contributed by atoms with Gasteiger partial charge >= 0.3 is 0 Å². The summed E-state index contributed by atoms with van der Waals surface area (Å²) >= 11 is 0. The van der Waals surface area contributed by atoms with Crippen LogP contribution in [-0.4, -0.2) is 32.3 Å². The first-order valence-electron chi connectivity index (χ1n) is 9.12. The van der Waals surface area contributed by atoms with Gasteiger partial charge < -0.3 is 13.1 Å². The second-order valence-electron chi connectivity index (χ2n) is 11.2. The van der Waals surface area contributed by atoms with Crippen LogP contribution in [0.2, 0.25) is 89.6 Å². The maximum Gasteiger partial charge on any atom is 0.0473 e. The normalized spacial score (nSPS) is 19.5. The summed E-state index contributed by atoms with van der Waals surface area (Å²) in [6.45, 7) is 31.4. The van der Waals surface area contributed by atoms with Crippen LogP contribution in [0.15, 0.2) is 0 Å². The maximum atomic E-state index is 3.91. The van der Waals surface area contributed by atoms with Crippen LogP contribution in [0.5, 0.6) is 0 Å². The van der Waals surface area contributed by atoms with E-state index in [9.17, 15) is 0 Å². The molecule has 1 saturated heterocycles. The zero-order valence-corrected chi connectivity index (χ0v) is 25.1. The Kier molecular flexibility index (Phi) is 19.6. The van der Waals surface area contributed by atoms with Crippen molar-refractivity contribution >= 4 is 32.3 Å². The SMILES string of the molecule is C.C[Si]1(C)CCC[Si](C)(C)CCC1.[CH2-][Si](C)(C)C.[CH2-][Si](C)(C)C.[Y]. The van der Waals surface area contributed by atoms with Crippen molar-refractivity contribution in [3.63, 3.8) is 0 Å². The Morgan fingerprint density at radius 3 is 0.833 bits per heavy atom. The fraction of sp³-hybridized carbons (Fsp3) is 0.895. The average Bonchev–Trinajstić information content (AvgIpc) is 2.07. The first-order valence-corrected chi connectivity index (χ1v) is 23.4. The summed E-state index contributed by atoms with van der Waals surface area (Å²) in [5.74, 6) is 0. The van der Waals surface area contributed by atoms with Crippen molar-refractivity contribution in [3.8, 4) is 0 Å². The van der Waals surface area contributed by atoms with Crippen LogP contribution in [0.4, 0.5) is 0 Å². The molecule has 0 nitrogen and oxygen atoms in total. The minimum absolute atomic E-state index is 0. The molecule has 1 aliphatic rings. The fourth-order valence-electron chi connectivity index (χ4n) is 2.34. The van der Waals surface area contributed by atoms with Crippen molar-refractivity contribution in [2.24, 2.45) is 0 Å². The summed E-state index contributed by atoms with van der Waals surface area (Å²) in [5, 5.41) is 0. The van der Waals surface area contributed by atoms with Crippen molar-refractivity contribution < 1.29 is 32.7 Å². The van der Waals surface area contributed by atoms with Crippen LogP contribution >= 0.6 is 0 Å². The summed E-state index contributed by atoms with van der Waals surface area (Å²) in [4.78, 5) is 0. The van der Waals surface area contributed by atoms with Gasteiger partial charge in [0.25, 0.3) is 0 Å². The summed E-state index contributed by atoms with van der Waals surface area (Å²) in [6, 6.07) is 6.40. The molecule has 0 N–H and O–H groups in total. The predicted molar refractivity (Wildman–Crippen MR) is 128 cm³/mol. The van der Waals surface area contributed by atoms with Crippen LogP contribution < -0.4 is 0 Å². The van der Waals surface area contributed by atoms with E-state index in [0.29, 0.717) is 0 Å². The van der Waals surface area contributed by atoms with E-state index in [4.69, 9.17) is 0 Å². The molecule has 0 saturated carbocycles. The van der Waals surface area contributed by atoms with Gasteiger partial charge in [-0.1, -0.05) is 110 Å².